The van der Waals surface area contributed by atoms with E-state index < -0.39 is 47.1 Å². The van der Waals surface area contributed by atoms with Crippen LogP contribution in [0.15, 0.2) is 35.5 Å². The fourth-order valence-electron chi connectivity index (χ4n) is 2.73. The maximum Gasteiger partial charge on any atom is 0.431 e. The van der Waals surface area contributed by atoms with Crippen molar-refractivity contribution in [2.75, 3.05) is 6.61 Å². The first kappa shape index (κ1) is 19.8. The molecule has 0 fully saturated rings. The number of allylic oxidation sites excluding steroid dienone is 1. The Balaban J connectivity index is 2.77. The lowest BCUT2D eigenvalue weighted by molar-refractivity contribution is -0.144. The van der Waals surface area contributed by atoms with Crippen LogP contribution in [-0.2, 0) is 19.1 Å². The van der Waals surface area contributed by atoms with Crippen LogP contribution < -0.4 is 11.1 Å². The molecule has 0 spiro atoms. The van der Waals surface area contributed by atoms with Crippen LogP contribution in [0.4, 0.5) is 13.2 Å². The molecule has 1 aliphatic rings. The molecule has 2 atom stereocenters. The van der Waals surface area contributed by atoms with Crippen LogP contribution in [0.2, 0.25) is 5.02 Å². The second-order valence-electron chi connectivity index (χ2n) is 5.41. The Morgan fingerprint density at radius 2 is 1.85 bits per heavy atom. The molecule has 3 N–H and O–H groups in total. The van der Waals surface area contributed by atoms with Crippen LogP contribution in [0.25, 0.3) is 0 Å². The van der Waals surface area contributed by atoms with E-state index in [-0.39, 0.29) is 17.2 Å². The predicted octanol–water partition coefficient (Wildman–Crippen LogP) is 2.03. The minimum atomic E-state index is -5.05. The summed E-state index contributed by atoms with van der Waals surface area (Å²) in [4.78, 5) is 36.2. The SMILES string of the molecule is CCOC(=O)C1=C(C(F)(F)F)NC(=O)C(C(N)=O)C1c1ccc(Cl)cc1. The number of hydrogen-bond acceptors (Lipinski definition) is 4. The van der Waals surface area contributed by atoms with Gasteiger partial charge in [0.1, 0.15) is 11.6 Å². The molecule has 1 heterocycles. The standard InChI is InChI=1S/C16H14ClF3N2O4/c1-2-26-15(25)10-9(7-3-5-8(17)6-4-7)11(13(21)23)14(24)22-12(10)16(18,19)20/h3-6,9,11H,2H2,1H3,(H2,21,23)(H,22,24). The second-order valence-corrected chi connectivity index (χ2v) is 5.84. The first-order valence-electron chi connectivity index (χ1n) is 7.42. The molecule has 0 radical (unpaired) electrons. The molecule has 2 unspecified atom stereocenters. The maximum atomic E-state index is 13.4. The molecular formula is C16H14ClF3N2O4. The monoisotopic (exact) mass is 390 g/mol. The highest BCUT2D eigenvalue weighted by Gasteiger charge is 2.51. The van der Waals surface area contributed by atoms with Gasteiger partial charge in [0.25, 0.3) is 0 Å². The predicted molar refractivity (Wildman–Crippen MR) is 84.7 cm³/mol. The summed E-state index contributed by atoms with van der Waals surface area (Å²) in [5.74, 6) is -7.01. The zero-order chi connectivity index (χ0) is 19.6. The average Bonchev–Trinajstić information content (AvgIpc) is 2.53. The smallest absolute Gasteiger partial charge is 0.431 e. The lowest BCUT2D eigenvalue weighted by Crippen LogP contribution is -2.50. The van der Waals surface area contributed by atoms with Gasteiger partial charge in [-0.2, -0.15) is 13.2 Å². The van der Waals surface area contributed by atoms with Gasteiger partial charge in [0.15, 0.2) is 0 Å². The Bertz CT molecular complexity index is 775. The van der Waals surface area contributed by atoms with Crippen molar-refractivity contribution in [3.8, 4) is 0 Å². The minimum Gasteiger partial charge on any atom is -0.463 e. The molecule has 0 bridgehead atoms. The van der Waals surface area contributed by atoms with Crippen molar-refractivity contribution in [1.82, 2.24) is 5.32 Å². The number of carbonyl (C=O) groups excluding carboxylic acids is 3. The summed E-state index contributed by atoms with van der Waals surface area (Å²) < 4.78 is 45.0. The first-order valence-corrected chi connectivity index (χ1v) is 7.79. The van der Waals surface area contributed by atoms with Gasteiger partial charge in [0, 0.05) is 10.9 Å². The highest BCUT2D eigenvalue weighted by atomic mass is 35.5. The highest BCUT2D eigenvalue weighted by molar-refractivity contribution is 6.30. The third-order valence-electron chi connectivity index (χ3n) is 3.76. The number of esters is 1. The zero-order valence-electron chi connectivity index (χ0n) is 13.4. The molecule has 0 saturated heterocycles. The van der Waals surface area contributed by atoms with Gasteiger partial charge in [-0.15, -0.1) is 0 Å². The Hall–Kier alpha value is -2.55. The molecule has 0 saturated carbocycles. The Labute approximate surface area is 151 Å². The number of halogens is 4. The molecule has 1 aromatic rings. The van der Waals surface area contributed by atoms with E-state index in [1.54, 1.807) is 5.32 Å². The number of nitrogens with one attached hydrogen (secondary N) is 1. The number of hydrogen-bond donors (Lipinski definition) is 2. The van der Waals surface area contributed by atoms with Crippen molar-refractivity contribution in [2.45, 2.75) is 19.0 Å². The second kappa shape index (κ2) is 7.36. The van der Waals surface area contributed by atoms with E-state index in [1.165, 1.54) is 31.2 Å². The summed E-state index contributed by atoms with van der Waals surface area (Å²) in [6.07, 6.45) is -5.05. The van der Waals surface area contributed by atoms with E-state index in [1.807, 2.05) is 0 Å². The number of rotatable bonds is 4. The molecule has 10 heteroatoms. The molecule has 0 aromatic heterocycles. The van der Waals surface area contributed by atoms with Gasteiger partial charge >= 0.3 is 12.1 Å². The number of nitrogens with two attached hydrogens (primary N) is 1. The molecule has 1 aliphatic heterocycles. The molecule has 0 aliphatic carbocycles. The van der Waals surface area contributed by atoms with Crippen LogP contribution in [0.5, 0.6) is 0 Å². The normalized spacial score (nSPS) is 20.6. The Kier molecular flexibility index (Phi) is 5.60. The molecular weight excluding hydrogens is 377 g/mol. The lowest BCUT2D eigenvalue weighted by Gasteiger charge is -2.33. The largest absolute Gasteiger partial charge is 0.463 e. The molecule has 6 nitrogen and oxygen atoms in total. The van der Waals surface area contributed by atoms with Gasteiger partial charge in [-0.25, -0.2) is 4.79 Å². The first-order chi connectivity index (χ1) is 12.1. The van der Waals surface area contributed by atoms with Crippen molar-refractivity contribution in [3.05, 3.63) is 46.1 Å². The molecule has 1 aromatic carbocycles. The van der Waals surface area contributed by atoms with Gasteiger partial charge < -0.3 is 15.8 Å². The summed E-state index contributed by atoms with van der Waals surface area (Å²) in [6.45, 7) is 1.21. The lowest BCUT2D eigenvalue weighted by atomic mass is 9.76. The summed E-state index contributed by atoms with van der Waals surface area (Å²) in [5, 5.41) is 1.86. The summed E-state index contributed by atoms with van der Waals surface area (Å²) in [7, 11) is 0. The van der Waals surface area contributed by atoms with Gasteiger partial charge in [-0.1, -0.05) is 23.7 Å². The van der Waals surface area contributed by atoms with Crippen molar-refractivity contribution >= 4 is 29.4 Å². The van der Waals surface area contributed by atoms with E-state index >= 15 is 0 Å². The van der Waals surface area contributed by atoms with Gasteiger partial charge in [-0.05, 0) is 24.6 Å². The van der Waals surface area contributed by atoms with E-state index in [2.05, 4.69) is 0 Å². The van der Waals surface area contributed by atoms with Crippen molar-refractivity contribution in [1.29, 1.82) is 0 Å². The van der Waals surface area contributed by atoms with Crippen molar-refractivity contribution in [2.24, 2.45) is 11.7 Å². The quantitative estimate of drug-likeness (QED) is 0.607. The number of benzene rings is 1. The van der Waals surface area contributed by atoms with E-state index in [0.29, 0.717) is 0 Å². The minimum absolute atomic E-state index is 0.0952. The van der Waals surface area contributed by atoms with Crippen LogP contribution in [0.3, 0.4) is 0 Å². The van der Waals surface area contributed by atoms with Crippen LogP contribution in [0, 0.1) is 5.92 Å². The van der Waals surface area contributed by atoms with Crippen LogP contribution >= 0.6 is 11.6 Å². The maximum absolute atomic E-state index is 13.4. The summed E-state index contributed by atoms with van der Waals surface area (Å²) >= 11 is 5.77. The average molecular weight is 391 g/mol. The molecule has 2 rings (SSSR count). The molecule has 2 amide bonds. The van der Waals surface area contributed by atoms with Gasteiger partial charge in [0.2, 0.25) is 11.8 Å². The molecule has 26 heavy (non-hydrogen) atoms. The highest BCUT2D eigenvalue weighted by Crippen LogP contribution is 2.42. The number of amides is 2. The van der Waals surface area contributed by atoms with Crippen molar-refractivity contribution in [3.63, 3.8) is 0 Å². The topological polar surface area (TPSA) is 98.5 Å². The molecule has 140 valence electrons. The Morgan fingerprint density at radius 1 is 1.27 bits per heavy atom. The summed E-state index contributed by atoms with van der Waals surface area (Å²) in [6, 6.07) is 5.35. The summed E-state index contributed by atoms with van der Waals surface area (Å²) in [5.41, 5.74) is 2.86. The number of primary amides is 1. The fraction of sp³-hybridized carbons (Fsp3) is 0.312. The number of alkyl halides is 3. The van der Waals surface area contributed by atoms with E-state index in [4.69, 9.17) is 22.1 Å². The van der Waals surface area contributed by atoms with E-state index in [9.17, 15) is 27.6 Å². The van der Waals surface area contributed by atoms with Gasteiger partial charge in [-0.3, -0.25) is 9.59 Å². The third-order valence-corrected chi connectivity index (χ3v) is 4.01. The van der Waals surface area contributed by atoms with Crippen LogP contribution in [-0.4, -0.2) is 30.6 Å². The number of ether oxygens (including phenoxy) is 1. The van der Waals surface area contributed by atoms with E-state index in [0.717, 1.165) is 0 Å². The number of carbonyl (C=O) groups is 3. The zero-order valence-corrected chi connectivity index (χ0v) is 14.1. The van der Waals surface area contributed by atoms with Crippen LogP contribution in [0.1, 0.15) is 18.4 Å². The third kappa shape index (κ3) is 3.82. The van der Waals surface area contributed by atoms with Crippen molar-refractivity contribution < 1.29 is 32.3 Å². The Morgan fingerprint density at radius 3 is 2.31 bits per heavy atom. The fourth-order valence-corrected chi connectivity index (χ4v) is 2.85. The van der Waals surface area contributed by atoms with Gasteiger partial charge in [0.05, 0.1) is 12.2 Å².